The van der Waals surface area contributed by atoms with Gasteiger partial charge < -0.3 is 10.6 Å². The number of piperidine rings is 1. The van der Waals surface area contributed by atoms with Gasteiger partial charge in [0.05, 0.1) is 4.90 Å². The summed E-state index contributed by atoms with van der Waals surface area (Å²) in [6.07, 6.45) is 1.41. The van der Waals surface area contributed by atoms with Gasteiger partial charge in [0.2, 0.25) is 21.8 Å². The summed E-state index contributed by atoms with van der Waals surface area (Å²) in [5.74, 6) is -0.526. The van der Waals surface area contributed by atoms with Crippen LogP contribution in [-0.2, 0) is 26.0 Å². The van der Waals surface area contributed by atoms with E-state index < -0.39 is 16.1 Å². The van der Waals surface area contributed by atoms with Crippen molar-refractivity contribution in [3.8, 4) is 0 Å². The Bertz CT molecular complexity index is 1270. The highest BCUT2D eigenvalue weighted by Crippen LogP contribution is 2.24. The number of hydrogen-bond acceptors (Lipinski definition) is 4. The van der Waals surface area contributed by atoms with E-state index in [4.69, 9.17) is 0 Å². The molecule has 1 unspecified atom stereocenters. The van der Waals surface area contributed by atoms with E-state index in [1.165, 1.54) is 11.2 Å². The molecule has 4 rings (SSSR count). The topological polar surface area (TPSA) is 95.6 Å². The zero-order valence-electron chi connectivity index (χ0n) is 19.1. The maximum absolute atomic E-state index is 13.2. The molecule has 7 nitrogen and oxygen atoms in total. The lowest BCUT2D eigenvalue weighted by Gasteiger charge is -2.32. The summed E-state index contributed by atoms with van der Waals surface area (Å²) in [5, 5.41) is 7.61. The van der Waals surface area contributed by atoms with Gasteiger partial charge in [0.1, 0.15) is 6.04 Å². The molecule has 3 aromatic rings. The number of amides is 2. The monoisotopic (exact) mass is 479 g/mol. The second kappa shape index (κ2) is 10.4. The second-order valence-corrected chi connectivity index (χ2v) is 10.6. The van der Waals surface area contributed by atoms with Gasteiger partial charge in [0.15, 0.2) is 0 Å². The molecule has 1 aliphatic heterocycles. The fraction of sp³-hybridized carbons (Fsp3) is 0.308. The van der Waals surface area contributed by atoms with Crippen LogP contribution < -0.4 is 10.6 Å². The highest BCUT2D eigenvalue weighted by atomic mass is 32.2. The molecule has 2 N–H and O–H groups in total. The van der Waals surface area contributed by atoms with Crippen molar-refractivity contribution in [2.45, 2.75) is 43.2 Å². The predicted molar refractivity (Wildman–Crippen MR) is 132 cm³/mol. The van der Waals surface area contributed by atoms with Gasteiger partial charge in [-0.3, -0.25) is 9.59 Å². The first-order chi connectivity index (χ1) is 16.3. The Hall–Kier alpha value is -3.23. The number of carbonyl (C=O) groups excluding carboxylic acids is 2. The summed E-state index contributed by atoms with van der Waals surface area (Å²) in [4.78, 5) is 24.8. The Kier molecular flexibility index (Phi) is 7.29. The first-order valence-corrected chi connectivity index (χ1v) is 12.9. The normalized spacial score (nSPS) is 16.1. The summed E-state index contributed by atoms with van der Waals surface area (Å²) in [6.45, 7) is 2.04. The van der Waals surface area contributed by atoms with Crippen molar-refractivity contribution in [1.82, 2.24) is 14.9 Å². The number of nitrogens with zero attached hydrogens (tertiary/aromatic N) is 1. The molecule has 8 heteroatoms. The molecule has 0 aromatic heterocycles. The second-order valence-electron chi connectivity index (χ2n) is 8.64. The fourth-order valence-corrected chi connectivity index (χ4v) is 5.83. The van der Waals surface area contributed by atoms with Crippen molar-refractivity contribution in [3.05, 3.63) is 78.4 Å². The van der Waals surface area contributed by atoms with E-state index in [2.05, 4.69) is 10.6 Å². The molecule has 1 saturated heterocycles. The fourth-order valence-electron chi connectivity index (χ4n) is 4.32. The summed E-state index contributed by atoms with van der Waals surface area (Å²) in [5.41, 5.74) is 0.952. The van der Waals surface area contributed by atoms with Crippen molar-refractivity contribution in [1.29, 1.82) is 0 Å². The summed E-state index contributed by atoms with van der Waals surface area (Å²) >= 11 is 0. The molecule has 1 aliphatic rings. The minimum absolute atomic E-state index is 0.150. The van der Waals surface area contributed by atoms with Gasteiger partial charge in [-0.15, -0.1) is 0 Å². The first kappa shape index (κ1) is 23.9. The van der Waals surface area contributed by atoms with Crippen molar-refractivity contribution >= 4 is 32.6 Å². The SMILES string of the molecule is CC(=O)NC(Cc1ccccc1)C(=O)NC1CCN(S(=O)(=O)c2ccc3ccccc3c2)CC1. The smallest absolute Gasteiger partial charge is 0.243 e. The summed E-state index contributed by atoms with van der Waals surface area (Å²) in [6, 6.07) is 21.5. The van der Waals surface area contributed by atoms with Gasteiger partial charge in [-0.2, -0.15) is 4.31 Å². The van der Waals surface area contributed by atoms with Crippen molar-refractivity contribution in [2.24, 2.45) is 0 Å². The lowest BCUT2D eigenvalue weighted by Crippen LogP contribution is -2.53. The Balaban J connectivity index is 1.38. The molecule has 2 amide bonds. The van der Waals surface area contributed by atoms with E-state index >= 15 is 0 Å². The van der Waals surface area contributed by atoms with Gasteiger partial charge in [-0.25, -0.2) is 8.42 Å². The summed E-state index contributed by atoms with van der Waals surface area (Å²) < 4.78 is 27.8. The van der Waals surface area contributed by atoms with Crippen LogP contribution in [0.1, 0.15) is 25.3 Å². The lowest BCUT2D eigenvalue weighted by atomic mass is 10.0. The zero-order valence-corrected chi connectivity index (χ0v) is 19.9. The van der Waals surface area contributed by atoms with Crippen LogP contribution in [0.5, 0.6) is 0 Å². The molecule has 1 heterocycles. The van der Waals surface area contributed by atoms with Gasteiger partial charge in [0, 0.05) is 32.5 Å². The highest BCUT2D eigenvalue weighted by Gasteiger charge is 2.31. The van der Waals surface area contributed by atoms with Gasteiger partial charge in [-0.1, -0.05) is 60.7 Å². The number of benzene rings is 3. The van der Waals surface area contributed by atoms with Gasteiger partial charge in [0.25, 0.3) is 0 Å². The largest absolute Gasteiger partial charge is 0.351 e. The third kappa shape index (κ3) is 5.63. The number of sulfonamides is 1. The van der Waals surface area contributed by atoms with Crippen LogP contribution >= 0.6 is 0 Å². The maximum Gasteiger partial charge on any atom is 0.243 e. The predicted octanol–water partition coefficient (Wildman–Crippen LogP) is 2.86. The third-order valence-corrected chi connectivity index (χ3v) is 8.03. The van der Waals surface area contributed by atoms with Crippen LogP contribution in [-0.4, -0.2) is 49.7 Å². The molecule has 178 valence electrons. The molecular formula is C26H29N3O4S. The molecule has 34 heavy (non-hydrogen) atoms. The number of hydrogen-bond donors (Lipinski definition) is 2. The molecule has 0 spiro atoms. The van der Waals surface area contributed by atoms with E-state index in [1.807, 2.05) is 60.7 Å². The molecule has 3 aromatic carbocycles. The summed E-state index contributed by atoms with van der Waals surface area (Å²) in [7, 11) is -3.61. The standard InChI is InChI=1S/C26H29N3O4S/c1-19(30)27-25(17-20-7-3-2-4-8-20)26(31)28-23-13-15-29(16-14-23)34(32,33)24-12-11-21-9-5-6-10-22(21)18-24/h2-12,18,23,25H,13-17H2,1H3,(H,27,30)(H,28,31). The molecular weight excluding hydrogens is 450 g/mol. The molecule has 0 radical (unpaired) electrons. The highest BCUT2D eigenvalue weighted by molar-refractivity contribution is 7.89. The average Bonchev–Trinajstić information content (AvgIpc) is 2.84. The number of fused-ring (bicyclic) bond motifs is 1. The van der Waals surface area contributed by atoms with E-state index in [0.29, 0.717) is 32.4 Å². The maximum atomic E-state index is 13.2. The van der Waals surface area contributed by atoms with Crippen molar-refractivity contribution in [2.75, 3.05) is 13.1 Å². The minimum Gasteiger partial charge on any atom is -0.351 e. The number of nitrogens with one attached hydrogen (secondary N) is 2. The quantitative estimate of drug-likeness (QED) is 0.545. The van der Waals surface area contributed by atoms with Crippen LogP contribution in [0, 0.1) is 0 Å². The van der Waals surface area contributed by atoms with Crippen LogP contribution in [0.15, 0.2) is 77.7 Å². The first-order valence-electron chi connectivity index (χ1n) is 11.4. The van der Waals surface area contributed by atoms with Crippen LogP contribution in [0.3, 0.4) is 0 Å². The minimum atomic E-state index is -3.61. The number of rotatable bonds is 7. The lowest BCUT2D eigenvalue weighted by molar-refractivity contribution is -0.128. The molecule has 0 bridgehead atoms. The van der Waals surface area contributed by atoms with Crippen LogP contribution in [0.25, 0.3) is 10.8 Å². The Morgan fingerprint density at radius 2 is 1.59 bits per heavy atom. The Morgan fingerprint density at radius 3 is 2.26 bits per heavy atom. The van der Waals surface area contributed by atoms with E-state index in [9.17, 15) is 18.0 Å². The van der Waals surface area contributed by atoms with E-state index in [-0.39, 0.29) is 22.8 Å². The van der Waals surface area contributed by atoms with Crippen LogP contribution in [0.4, 0.5) is 0 Å². The van der Waals surface area contributed by atoms with E-state index in [0.717, 1.165) is 16.3 Å². The average molecular weight is 480 g/mol. The zero-order chi connectivity index (χ0) is 24.1. The molecule has 1 atom stereocenters. The Labute approximate surface area is 200 Å². The Morgan fingerprint density at radius 1 is 0.941 bits per heavy atom. The van der Waals surface area contributed by atoms with Gasteiger partial charge in [-0.05, 0) is 41.3 Å². The van der Waals surface area contributed by atoms with Crippen molar-refractivity contribution in [3.63, 3.8) is 0 Å². The molecule has 0 saturated carbocycles. The third-order valence-electron chi connectivity index (χ3n) is 6.14. The number of carbonyl (C=O) groups is 2. The van der Waals surface area contributed by atoms with Gasteiger partial charge >= 0.3 is 0 Å². The molecule has 0 aliphatic carbocycles. The van der Waals surface area contributed by atoms with E-state index in [1.54, 1.807) is 12.1 Å². The van der Waals surface area contributed by atoms with Crippen LogP contribution in [0.2, 0.25) is 0 Å². The molecule has 1 fully saturated rings. The van der Waals surface area contributed by atoms with Crippen molar-refractivity contribution < 1.29 is 18.0 Å².